The Labute approximate surface area is 143 Å². The molecule has 24 heavy (non-hydrogen) atoms. The van der Waals surface area contributed by atoms with Gasteiger partial charge in [-0.2, -0.15) is 0 Å². The summed E-state index contributed by atoms with van der Waals surface area (Å²) in [6.45, 7) is 1.84. The number of carbonyl (C=O) groups excluding carboxylic acids is 1. The van der Waals surface area contributed by atoms with Crippen LogP contribution < -0.4 is 4.74 Å². The Hall–Kier alpha value is -2.08. The molecule has 1 atom stereocenters. The molecule has 0 spiro atoms. The third-order valence-electron chi connectivity index (χ3n) is 4.39. The second-order valence-corrected chi connectivity index (χ2v) is 6.19. The molecule has 0 aromatic heterocycles. The monoisotopic (exact) mass is 334 g/mol. The van der Waals surface area contributed by atoms with E-state index in [0.29, 0.717) is 19.6 Å². The van der Waals surface area contributed by atoms with Gasteiger partial charge in [0.05, 0.1) is 19.6 Å². The molecule has 1 N–H and O–H groups in total. The molecule has 1 aromatic carbocycles. The molecule has 1 saturated heterocycles. The largest absolute Gasteiger partial charge is 0.493 e. The minimum atomic E-state index is -0.812. The molecule has 1 unspecified atom stereocenters. The van der Waals surface area contributed by atoms with Crippen molar-refractivity contribution in [3.8, 4) is 5.75 Å². The highest BCUT2D eigenvalue weighted by Gasteiger charge is 2.23. The maximum Gasteiger partial charge on any atom is 0.317 e. The number of aliphatic carboxylic acids is 1. The molecule has 0 radical (unpaired) electrons. The van der Waals surface area contributed by atoms with Crippen molar-refractivity contribution in [3.63, 3.8) is 0 Å². The van der Waals surface area contributed by atoms with Crippen LogP contribution in [0.25, 0.3) is 0 Å². The van der Waals surface area contributed by atoms with Gasteiger partial charge in [-0.3, -0.25) is 14.5 Å². The number of likely N-dealkylation sites (N-methyl/N-ethyl adjacent to an activating group) is 1. The number of carbonyl (C=O) groups is 2. The van der Waals surface area contributed by atoms with E-state index in [4.69, 9.17) is 9.84 Å². The molecule has 1 fully saturated rings. The highest BCUT2D eigenvalue weighted by atomic mass is 16.5. The zero-order chi connectivity index (χ0) is 17.4. The average molecular weight is 334 g/mol. The fourth-order valence-electron chi connectivity index (χ4n) is 3.04. The van der Waals surface area contributed by atoms with Crippen LogP contribution in [0.5, 0.6) is 5.75 Å². The number of rotatable bonds is 7. The molecule has 1 aliphatic rings. The van der Waals surface area contributed by atoms with Gasteiger partial charge in [-0.1, -0.05) is 18.2 Å². The van der Waals surface area contributed by atoms with E-state index < -0.39 is 5.97 Å². The van der Waals surface area contributed by atoms with Crippen LogP contribution in [0.15, 0.2) is 30.3 Å². The van der Waals surface area contributed by atoms with Gasteiger partial charge in [-0.25, -0.2) is 0 Å². The van der Waals surface area contributed by atoms with Crippen LogP contribution in [0, 0.1) is 0 Å². The molecule has 1 heterocycles. The molecule has 1 amide bonds. The molecule has 2 rings (SSSR count). The summed E-state index contributed by atoms with van der Waals surface area (Å²) in [7, 11) is 1.84. The Kier molecular flexibility index (Phi) is 7.06. The Balaban J connectivity index is 1.74. The first-order valence-corrected chi connectivity index (χ1v) is 8.44. The predicted molar refractivity (Wildman–Crippen MR) is 91.0 cm³/mol. The molecule has 6 heteroatoms. The highest BCUT2D eigenvalue weighted by molar-refractivity contribution is 5.76. The van der Waals surface area contributed by atoms with Gasteiger partial charge in [-0.05, 0) is 38.4 Å². The summed E-state index contributed by atoms with van der Waals surface area (Å²) < 4.78 is 5.58. The van der Waals surface area contributed by atoms with Gasteiger partial charge in [0.1, 0.15) is 5.75 Å². The van der Waals surface area contributed by atoms with Crippen molar-refractivity contribution in [2.45, 2.75) is 31.7 Å². The van der Waals surface area contributed by atoms with Crippen LogP contribution in [0.4, 0.5) is 0 Å². The summed E-state index contributed by atoms with van der Waals surface area (Å²) in [4.78, 5) is 26.9. The van der Waals surface area contributed by atoms with E-state index in [2.05, 4.69) is 0 Å². The standard InChI is InChI=1S/C18H26N2O4/c1-19(14-18(22)23)15-6-5-11-20(12-9-15)17(21)10-13-24-16-7-3-2-4-8-16/h2-4,7-8,15H,5-6,9-14H2,1H3,(H,22,23). The number of carboxylic acids is 1. The quantitative estimate of drug-likeness (QED) is 0.824. The van der Waals surface area contributed by atoms with E-state index >= 15 is 0 Å². The smallest absolute Gasteiger partial charge is 0.317 e. The SMILES string of the molecule is CN(CC(=O)O)C1CCCN(C(=O)CCOc2ccccc2)CC1. The molecular weight excluding hydrogens is 308 g/mol. The van der Waals surface area contributed by atoms with Gasteiger partial charge >= 0.3 is 5.97 Å². The van der Waals surface area contributed by atoms with Crippen LogP contribution in [-0.2, 0) is 9.59 Å². The van der Waals surface area contributed by atoms with Crippen molar-refractivity contribution < 1.29 is 19.4 Å². The fraction of sp³-hybridized carbons (Fsp3) is 0.556. The topological polar surface area (TPSA) is 70.1 Å². The predicted octanol–water partition coefficient (Wildman–Crippen LogP) is 1.85. The fourth-order valence-corrected chi connectivity index (χ4v) is 3.04. The van der Waals surface area contributed by atoms with Crippen molar-refractivity contribution >= 4 is 11.9 Å². The number of benzene rings is 1. The van der Waals surface area contributed by atoms with E-state index in [-0.39, 0.29) is 18.5 Å². The van der Waals surface area contributed by atoms with E-state index in [1.165, 1.54) is 0 Å². The summed E-state index contributed by atoms with van der Waals surface area (Å²) in [5.74, 6) is 0.0664. The highest BCUT2D eigenvalue weighted by Crippen LogP contribution is 2.16. The van der Waals surface area contributed by atoms with Crippen molar-refractivity contribution in [3.05, 3.63) is 30.3 Å². The average Bonchev–Trinajstić information content (AvgIpc) is 2.81. The summed E-state index contributed by atoms with van der Waals surface area (Å²) in [5, 5.41) is 8.90. The summed E-state index contributed by atoms with van der Waals surface area (Å²) in [6.07, 6.45) is 3.01. The Morgan fingerprint density at radius 2 is 2.00 bits per heavy atom. The zero-order valence-electron chi connectivity index (χ0n) is 14.2. The maximum atomic E-state index is 12.3. The molecule has 0 aliphatic carbocycles. The lowest BCUT2D eigenvalue weighted by Crippen LogP contribution is -2.37. The third-order valence-corrected chi connectivity index (χ3v) is 4.39. The van der Waals surface area contributed by atoms with Crippen LogP contribution in [-0.4, -0.2) is 66.1 Å². The maximum absolute atomic E-state index is 12.3. The van der Waals surface area contributed by atoms with Gasteiger partial charge in [0.15, 0.2) is 0 Å². The van der Waals surface area contributed by atoms with Gasteiger partial charge in [0.25, 0.3) is 0 Å². The van der Waals surface area contributed by atoms with Crippen molar-refractivity contribution in [2.75, 3.05) is 33.3 Å². The van der Waals surface area contributed by atoms with Gasteiger partial charge in [0, 0.05) is 19.1 Å². The first-order chi connectivity index (χ1) is 11.6. The Morgan fingerprint density at radius 1 is 1.25 bits per heavy atom. The first-order valence-electron chi connectivity index (χ1n) is 8.44. The molecule has 6 nitrogen and oxygen atoms in total. The number of nitrogens with zero attached hydrogens (tertiary/aromatic N) is 2. The number of carboxylic acid groups (broad SMARTS) is 1. The van der Waals surface area contributed by atoms with Crippen LogP contribution in [0.2, 0.25) is 0 Å². The van der Waals surface area contributed by atoms with Crippen molar-refractivity contribution in [1.82, 2.24) is 9.80 Å². The van der Waals surface area contributed by atoms with Crippen LogP contribution >= 0.6 is 0 Å². The van der Waals surface area contributed by atoms with E-state index in [1.54, 1.807) is 0 Å². The van der Waals surface area contributed by atoms with Crippen LogP contribution in [0.1, 0.15) is 25.7 Å². The number of hydrogen-bond donors (Lipinski definition) is 1. The number of hydrogen-bond acceptors (Lipinski definition) is 4. The molecule has 1 aromatic rings. The van der Waals surface area contributed by atoms with Gasteiger partial charge in [-0.15, -0.1) is 0 Å². The summed E-state index contributed by atoms with van der Waals surface area (Å²) in [5.41, 5.74) is 0. The number of para-hydroxylation sites is 1. The number of amides is 1. The van der Waals surface area contributed by atoms with Gasteiger partial charge < -0.3 is 14.7 Å². The summed E-state index contributed by atoms with van der Waals surface area (Å²) >= 11 is 0. The minimum absolute atomic E-state index is 0.0452. The van der Waals surface area contributed by atoms with Crippen LogP contribution in [0.3, 0.4) is 0 Å². The molecule has 1 aliphatic heterocycles. The molecular formula is C18H26N2O4. The number of ether oxygens (including phenoxy) is 1. The zero-order valence-corrected chi connectivity index (χ0v) is 14.2. The summed E-state index contributed by atoms with van der Waals surface area (Å²) in [6, 6.07) is 9.70. The lowest BCUT2D eigenvalue weighted by molar-refractivity contribution is -0.138. The first kappa shape index (κ1) is 18.3. The molecule has 132 valence electrons. The van der Waals surface area contributed by atoms with Gasteiger partial charge in [0.2, 0.25) is 5.91 Å². The second-order valence-electron chi connectivity index (χ2n) is 6.19. The number of likely N-dealkylation sites (tertiary alicyclic amines) is 1. The normalized spacial score (nSPS) is 18.2. The van der Waals surface area contributed by atoms with E-state index in [0.717, 1.165) is 31.6 Å². The molecule has 0 bridgehead atoms. The van der Waals surface area contributed by atoms with E-state index in [9.17, 15) is 9.59 Å². The lowest BCUT2D eigenvalue weighted by Gasteiger charge is -2.25. The minimum Gasteiger partial charge on any atom is -0.493 e. The third kappa shape index (κ3) is 5.85. The lowest BCUT2D eigenvalue weighted by atomic mass is 10.1. The molecule has 0 saturated carbocycles. The Bertz CT molecular complexity index is 535. The Morgan fingerprint density at radius 3 is 2.71 bits per heavy atom. The van der Waals surface area contributed by atoms with Crippen molar-refractivity contribution in [1.29, 1.82) is 0 Å². The van der Waals surface area contributed by atoms with Crippen molar-refractivity contribution in [2.24, 2.45) is 0 Å². The second kappa shape index (κ2) is 9.27. The van der Waals surface area contributed by atoms with E-state index in [1.807, 2.05) is 47.2 Å².